The first-order chi connectivity index (χ1) is 5.70. The molecule has 1 aliphatic heterocycles. The lowest BCUT2D eigenvalue weighted by Crippen LogP contribution is -2.23. The Kier molecular flexibility index (Phi) is 1.83. The third-order valence-electron chi connectivity index (χ3n) is 2.54. The lowest BCUT2D eigenvalue weighted by molar-refractivity contribution is 0.523. The highest BCUT2D eigenvalue weighted by atomic mass is 32.2. The minimum absolute atomic E-state index is 0.286. The summed E-state index contributed by atoms with van der Waals surface area (Å²) in [7, 11) is -2.87. The van der Waals surface area contributed by atoms with Gasteiger partial charge < -0.3 is 0 Å². The molecule has 1 atom stereocenters. The number of fused-ring (bicyclic) bond motifs is 1. The first-order valence-corrected chi connectivity index (χ1v) is 5.95. The molecule has 0 amide bonds. The van der Waals surface area contributed by atoms with Crippen molar-refractivity contribution in [1.82, 2.24) is 0 Å². The van der Waals surface area contributed by atoms with Crippen LogP contribution < -0.4 is 0 Å². The van der Waals surface area contributed by atoms with Crippen molar-refractivity contribution < 1.29 is 8.42 Å². The summed E-state index contributed by atoms with van der Waals surface area (Å²) in [6.07, 6.45) is 8.45. The summed E-state index contributed by atoms with van der Waals surface area (Å²) in [6, 6.07) is 0. The molecule has 2 rings (SSSR count). The Morgan fingerprint density at radius 3 is 3.00 bits per heavy atom. The smallest absolute Gasteiger partial charge is 0.174 e. The quantitative estimate of drug-likeness (QED) is 0.573. The van der Waals surface area contributed by atoms with Crippen LogP contribution >= 0.6 is 0 Å². The molecule has 2 nitrogen and oxygen atoms in total. The van der Waals surface area contributed by atoms with Crippen LogP contribution in [-0.4, -0.2) is 14.2 Å². The maximum Gasteiger partial charge on any atom is 0.174 e. The minimum Gasteiger partial charge on any atom is -0.224 e. The van der Waals surface area contributed by atoms with Crippen molar-refractivity contribution in [2.75, 3.05) is 5.75 Å². The molecule has 1 aliphatic carbocycles. The lowest BCUT2D eigenvalue weighted by atomic mass is 9.95. The summed E-state index contributed by atoms with van der Waals surface area (Å²) in [5, 5.41) is 0. The monoisotopic (exact) mass is 184 g/mol. The number of hydrogen-bond acceptors (Lipinski definition) is 2. The molecule has 0 radical (unpaired) electrons. The zero-order valence-corrected chi connectivity index (χ0v) is 7.68. The molecule has 1 fully saturated rings. The molecule has 0 aromatic rings. The second kappa shape index (κ2) is 2.73. The SMILES string of the molecule is O=S1(=O)CCCC2CC=CC=C21. The van der Waals surface area contributed by atoms with Gasteiger partial charge in [-0.1, -0.05) is 12.2 Å². The van der Waals surface area contributed by atoms with Gasteiger partial charge in [0.05, 0.1) is 5.75 Å². The van der Waals surface area contributed by atoms with E-state index in [0.717, 1.165) is 19.3 Å². The molecule has 0 aromatic carbocycles. The molecule has 0 aromatic heterocycles. The van der Waals surface area contributed by atoms with Crippen molar-refractivity contribution in [2.45, 2.75) is 19.3 Å². The van der Waals surface area contributed by atoms with Crippen LogP contribution in [0.2, 0.25) is 0 Å². The van der Waals surface area contributed by atoms with Crippen LogP contribution in [0.1, 0.15) is 19.3 Å². The fourth-order valence-corrected chi connectivity index (χ4v) is 3.70. The van der Waals surface area contributed by atoms with Crippen LogP contribution in [0.5, 0.6) is 0 Å². The van der Waals surface area contributed by atoms with Gasteiger partial charge >= 0.3 is 0 Å². The van der Waals surface area contributed by atoms with E-state index >= 15 is 0 Å². The van der Waals surface area contributed by atoms with E-state index in [1.165, 1.54) is 0 Å². The Morgan fingerprint density at radius 2 is 2.25 bits per heavy atom. The summed E-state index contributed by atoms with van der Waals surface area (Å²) < 4.78 is 23.0. The third kappa shape index (κ3) is 1.22. The normalized spacial score (nSPS) is 32.3. The van der Waals surface area contributed by atoms with Gasteiger partial charge in [0.25, 0.3) is 0 Å². The highest BCUT2D eigenvalue weighted by Crippen LogP contribution is 2.34. The highest BCUT2D eigenvalue weighted by Gasteiger charge is 2.30. The molecule has 12 heavy (non-hydrogen) atoms. The molecular formula is C9H12O2S. The molecule has 0 saturated carbocycles. The van der Waals surface area contributed by atoms with E-state index in [4.69, 9.17) is 0 Å². The summed E-state index contributed by atoms with van der Waals surface area (Å²) in [4.78, 5) is 0.677. The summed E-state index contributed by atoms with van der Waals surface area (Å²) in [5.41, 5.74) is 0. The Morgan fingerprint density at radius 1 is 1.42 bits per heavy atom. The van der Waals surface area contributed by atoms with E-state index in [9.17, 15) is 8.42 Å². The van der Waals surface area contributed by atoms with Crippen LogP contribution in [0.25, 0.3) is 0 Å². The number of hydrogen-bond donors (Lipinski definition) is 0. The number of allylic oxidation sites excluding steroid dienone is 4. The van der Waals surface area contributed by atoms with Crippen LogP contribution in [-0.2, 0) is 9.84 Å². The molecule has 0 N–H and O–H groups in total. The maximum absolute atomic E-state index is 11.5. The minimum atomic E-state index is -2.87. The summed E-state index contributed by atoms with van der Waals surface area (Å²) >= 11 is 0. The average Bonchev–Trinajstić information content (AvgIpc) is 2.04. The fraction of sp³-hybridized carbons (Fsp3) is 0.556. The fourth-order valence-electron chi connectivity index (χ4n) is 1.91. The Hall–Kier alpha value is -0.570. The van der Waals surface area contributed by atoms with Gasteiger partial charge in [0.2, 0.25) is 0 Å². The lowest BCUT2D eigenvalue weighted by Gasteiger charge is -2.25. The van der Waals surface area contributed by atoms with Gasteiger partial charge in [-0.15, -0.1) is 0 Å². The molecule has 66 valence electrons. The second-order valence-electron chi connectivity index (χ2n) is 3.39. The van der Waals surface area contributed by atoms with Gasteiger partial charge in [-0.05, 0) is 31.3 Å². The molecule has 0 spiro atoms. The molecule has 1 saturated heterocycles. The third-order valence-corrected chi connectivity index (χ3v) is 4.56. The van der Waals surface area contributed by atoms with Crippen LogP contribution in [0.3, 0.4) is 0 Å². The first-order valence-electron chi connectivity index (χ1n) is 4.29. The summed E-state index contributed by atoms with van der Waals surface area (Å²) in [6.45, 7) is 0. The van der Waals surface area contributed by atoms with Crippen LogP contribution in [0, 0.1) is 5.92 Å². The highest BCUT2D eigenvalue weighted by molar-refractivity contribution is 7.95. The van der Waals surface area contributed by atoms with Gasteiger partial charge in [0.15, 0.2) is 9.84 Å². The topological polar surface area (TPSA) is 34.1 Å². The van der Waals surface area contributed by atoms with E-state index in [1.807, 2.05) is 6.08 Å². The largest absolute Gasteiger partial charge is 0.224 e. The van der Waals surface area contributed by atoms with E-state index in [2.05, 4.69) is 6.08 Å². The van der Waals surface area contributed by atoms with E-state index in [0.29, 0.717) is 10.7 Å². The van der Waals surface area contributed by atoms with Gasteiger partial charge in [0, 0.05) is 4.91 Å². The van der Waals surface area contributed by atoms with Crippen molar-refractivity contribution in [2.24, 2.45) is 5.92 Å². The predicted octanol–water partition coefficient (Wildman–Crippen LogP) is 1.66. The first kappa shape index (κ1) is 8.05. The van der Waals surface area contributed by atoms with E-state index < -0.39 is 9.84 Å². The molecule has 1 heterocycles. The molecule has 2 aliphatic rings. The summed E-state index contributed by atoms with van der Waals surface area (Å²) in [5.74, 6) is 0.636. The average molecular weight is 184 g/mol. The zero-order valence-electron chi connectivity index (χ0n) is 6.86. The molecule has 0 bridgehead atoms. The predicted molar refractivity (Wildman–Crippen MR) is 48.4 cm³/mol. The van der Waals surface area contributed by atoms with Gasteiger partial charge in [-0.3, -0.25) is 0 Å². The van der Waals surface area contributed by atoms with Crippen molar-refractivity contribution in [3.05, 3.63) is 23.1 Å². The Bertz CT molecular complexity index is 336. The molecule has 1 unspecified atom stereocenters. The maximum atomic E-state index is 11.5. The molecular weight excluding hydrogens is 172 g/mol. The van der Waals surface area contributed by atoms with Crippen LogP contribution in [0.15, 0.2) is 23.1 Å². The number of sulfone groups is 1. The van der Waals surface area contributed by atoms with E-state index in [1.54, 1.807) is 6.08 Å². The second-order valence-corrected chi connectivity index (χ2v) is 5.50. The Labute approximate surface area is 72.9 Å². The molecule has 3 heteroatoms. The van der Waals surface area contributed by atoms with Crippen molar-refractivity contribution >= 4 is 9.84 Å². The van der Waals surface area contributed by atoms with Crippen LogP contribution in [0.4, 0.5) is 0 Å². The van der Waals surface area contributed by atoms with Crippen molar-refractivity contribution in [3.63, 3.8) is 0 Å². The van der Waals surface area contributed by atoms with Gasteiger partial charge in [-0.25, -0.2) is 8.42 Å². The van der Waals surface area contributed by atoms with Gasteiger partial charge in [0.1, 0.15) is 0 Å². The zero-order chi connectivity index (χ0) is 8.60. The van der Waals surface area contributed by atoms with Crippen molar-refractivity contribution in [3.8, 4) is 0 Å². The van der Waals surface area contributed by atoms with E-state index in [-0.39, 0.29) is 5.92 Å². The Balaban J connectivity index is 2.43. The standard InChI is InChI=1S/C9H12O2S/c10-12(11)7-3-5-8-4-1-2-6-9(8)12/h1-2,6,8H,3-5,7H2. The van der Waals surface area contributed by atoms with Gasteiger partial charge in [-0.2, -0.15) is 0 Å². The van der Waals surface area contributed by atoms with Crippen molar-refractivity contribution in [1.29, 1.82) is 0 Å². The number of rotatable bonds is 0.